The number of halogens is 1. The Labute approximate surface area is 117 Å². The number of hydrogen-bond donors (Lipinski definition) is 1. The number of nitrogens with zero attached hydrogens (tertiary/aromatic N) is 1. The molecule has 4 nitrogen and oxygen atoms in total. The maximum atomic E-state index is 13.3. The first-order chi connectivity index (χ1) is 9.47. The van der Waals surface area contributed by atoms with E-state index >= 15 is 0 Å². The van der Waals surface area contributed by atoms with E-state index in [1.54, 1.807) is 17.9 Å². The van der Waals surface area contributed by atoms with E-state index in [1.807, 2.05) is 0 Å². The summed E-state index contributed by atoms with van der Waals surface area (Å²) in [6, 6.07) is 4.16. The van der Waals surface area contributed by atoms with Crippen LogP contribution in [0.2, 0.25) is 0 Å². The molecule has 2 rings (SSSR count). The summed E-state index contributed by atoms with van der Waals surface area (Å²) in [5.74, 6) is -1.50. The molecule has 1 atom stereocenters. The predicted molar refractivity (Wildman–Crippen MR) is 72.0 cm³/mol. The average Bonchev–Trinajstić information content (AvgIpc) is 2.40. The molecule has 20 heavy (non-hydrogen) atoms. The van der Waals surface area contributed by atoms with Crippen molar-refractivity contribution in [3.8, 4) is 0 Å². The molecule has 0 radical (unpaired) electrons. The summed E-state index contributed by atoms with van der Waals surface area (Å²) in [6.07, 6.45) is 1.68. The highest BCUT2D eigenvalue weighted by molar-refractivity contribution is 5.95. The highest BCUT2D eigenvalue weighted by Gasteiger charge is 2.26. The number of benzene rings is 1. The van der Waals surface area contributed by atoms with Gasteiger partial charge in [-0.25, -0.2) is 4.39 Å². The summed E-state index contributed by atoms with van der Waals surface area (Å²) in [4.78, 5) is 24.8. The highest BCUT2D eigenvalue weighted by Crippen LogP contribution is 2.22. The fourth-order valence-corrected chi connectivity index (χ4v) is 2.66. The van der Waals surface area contributed by atoms with Gasteiger partial charge in [-0.2, -0.15) is 0 Å². The Morgan fingerprint density at radius 3 is 2.90 bits per heavy atom. The molecule has 1 fully saturated rings. The van der Waals surface area contributed by atoms with Crippen LogP contribution < -0.4 is 0 Å². The number of carbonyl (C=O) groups is 2. The quantitative estimate of drug-likeness (QED) is 0.924. The minimum atomic E-state index is -0.841. The monoisotopic (exact) mass is 279 g/mol. The Hall–Kier alpha value is -1.91. The van der Waals surface area contributed by atoms with Gasteiger partial charge in [-0.05, 0) is 43.4 Å². The lowest BCUT2D eigenvalue weighted by Gasteiger charge is -2.32. The van der Waals surface area contributed by atoms with E-state index < -0.39 is 11.8 Å². The smallest absolute Gasteiger partial charge is 0.303 e. The second-order valence-corrected chi connectivity index (χ2v) is 5.32. The van der Waals surface area contributed by atoms with E-state index in [2.05, 4.69) is 0 Å². The van der Waals surface area contributed by atoms with Crippen LogP contribution in [-0.4, -0.2) is 35.0 Å². The Morgan fingerprint density at radius 1 is 1.45 bits per heavy atom. The lowest BCUT2D eigenvalue weighted by molar-refractivity contribution is -0.138. The first-order valence-electron chi connectivity index (χ1n) is 6.74. The van der Waals surface area contributed by atoms with Crippen LogP contribution in [0.5, 0.6) is 0 Å². The minimum absolute atomic E-state index is 0.0148. The number of aryl methyl sites for hydroxylation is 1. The van der Waals surface area contributed by atoms with E-state index in [4.69, 9.17) is 5.11 Å². The topological polar surface area (TPSA) is 57.6 Å². The van der Waals surface area contributed by atoms with Crippen LogP contribution in [0.3, 0.4) is 0 Å². The zero-order chi connectivity index (χ0) is 14.7. The molecule has 1 heterocycles. The summed E-state index contributed by atoms with van der Waals surface area (Å²) in [5, 5.41) is 8.84. The molecule has 108 valence electrons. The number of hydrogen-bond acceptors (Lipinski definition) is 2. The molecular formula is C15H18FNO3. The van der Waals surface area contributed by atoms with Crippen LogP contribution in [0.4, 0.5) is 4.39 Å². The molecule has 0 spiro atoms. The number of carboxylic acid groups (broad SMARTS) is 1. The molecule has 1 unspecified atom stereocenters. The van der Waals surface area contributed by atoms with Gasteiger partial charge in [0.05, 0.1) is 0 Å². The average molecular weight is 279 g/mol. The van der Waals surface area contributed by atoms with E-state index in [0.29, 0.717) is 18.7 Å². The third-order valence-corrected chi connectivity index (χ3v) is 3.70. The first-order valence-corrected chi connectivity index (χ1v) is 6.74. The maximum Gasteiger partial charge on any atom is 0.303 e. The van der Waals surface area contributed by atoms with Crippen molar-refractivity contribution in [2.24, 2.45) is 5.92 Å². The number of rotatable bonds is 3. The second kappa shape index (κ2) is 6.03. The fraction of sp³-hybridized carbons (Fsp3) is 0.467. The van der Waals surface area contributed by atoms with Crippen LogP contribution in [0.15, 0.2) is 18.2 Å². The van der Waals surface area contributed by atoms with Gasteiger partial charge >= 0.3 is 5.97 Å². The molecule has 1 N–H and O–H groups in total. The lowest BCUT2D eigenvalue weighted by atomic mass is 9.94. The number of amides is 1. The Morgan fingerprint density at radius 2 is 2.20 bits per heavy atom. The van der Waals surface area contributed by atoms with E-state index in [-0.39, 0.29) is 18.2 Å². The van der Waals surface area contributed by atoms with Gasteiger partial charge in [-0.15, -0.1) is 0 Å². The number of piperidine rings is 1. The van der Waals surface area contributed by atoms with Crippen molar-refractivity contribution in [2.45, 2.75) is 26.2 Å². The number of aliphatic carboxylic acids is 1. The molecular weight excluding hydrogens is 261 g/mol. The van der Waals surface area contributed by atoms with Gasteiger partial charge < -0.3 is 10.0 Å². The Bertz CT molecular complexity index is 530. The van der Waals surface area contributed by atoms with Gasteiger partial charge in [0, 0.05) is 25.1 Å². The second-order valence-electron chi connectivity index (χ2n) is 5.32. The molecule has 1 aromatic rings. The molecule has 1 aliphatic heterocycles. The zero-order valence-corrected chi connectivity index (χ0v) is 11.4. The molecule has 0 saturated carbocycles. The molecule has 0 aliphatic carbocycles. The van der Waals surface area contributed by atoms with Crippen molar-refractivity contribution in [2.75, 3.05) is 13.1 Å². The molecule has 1 saturated heterocycles. The van der Waals surface area contributed by atoms with Gasteiger partial charge in [0.1, 0.15) is 5.82 Å². The molecule has 1 aliphatic rings. The number of carboxylic acids is 1. The van der Waals surface area contributed by atoms with Crippen LogP contribution in [-0.2, 0) is 4.79 Å². The normalized spacial score (nSPS) is 18.9. The molecule has 0 bridgehead atoms. The van der Waals surface area contributed by atoms with Crippen molar-refractivity contribution in [3.05, 3.63) is 35.1 Å². The van der Waals surface area contributed by atoms with Gasteiger partial charge in [-0.1, -0.05) is 6.07 Å². The summed E-state index contributed by atoms with van der Waals surface area (Å²) in [6.45, 7) is 2.80. The summed E-state index contributed by atoms with van der Waals surface area (Å²) < 4.78 is 13.3. The maximum absolute atomic E-state index is 13.3. The largest absolute Gasteiger partial charge is 0.481 e. The number of likely N-dealkylation sites (tertiary alicyclic amines) is 1. The van der Waals surface area contributed by atoms with Gasteiger partial charge in [0.2, 0.25) is 0 Å². The predicted octanol–water partition coefficient (Wildman–Crippen LogP) is 2.46. The molecule has 1 aromatic carbocycles. The summed E-state index contributed by atoms with van der Waals surface area (Å²) in [5.41, 5.74) is 1.10. The molecule has 0 aromatic heterocycles. The fourth-order valence-electron chi connectivity index (χ4n) is 2.66. The van der Waals surface area contributed by atoms with E-state index in [1.165, 1.54) is 12.1 Å². The molecule has 1 amide bonds. The van der Waals surface area contributed by atoms with Crippen LogP contribution in [0, 0.1) is 18.7 Å². The third-order valence-electron chi connectivity index (χ3n) is 3.70. The van der Waals surface area contributed by atoms with Gasteiger partial charge in [0.25, 0.3) is 5.91 Å². The minimum Gasteiger partial charge on any atom is -0.481 e. The van der Waals surface area contributed by atoms with Crippen molar-refractivity contribution in [1.82, 2.24) is 4.90 Å². The standard InChI is InChI=1S/C15H18FNO3/c1-10-4-5-12(16)8-13(10)15(20)17-6-2-3-11(9-17)7-14(18)19/h4-5,8,11H,2-3,6-7,9H2,1H3,(H,18,19). The van der Waals surface area contributed by atoms with E-state index in [0.717, 1.165) is 18.4 Å². The van der Waals surface area contributed by atoms with Crippen LogP contribution in [0.1, 0.15) is 35.2 Å². The summed E-state index contributed by atoms with van der Waals surface area (Å²) >= 11 is 0. The van der Waals surface area contributed by atoms with Crippen molar-refractivity contribution in [1.29, 1.82) is 0 Å². The van der Waals surface area contributed by atoms with Crippen LogP contribution >= 0.6 is 0 Å². The molecule has 5 heteroatoms. The SMILES string of the molecule is Cc1ccc(F)cc1C(=O)N1CCCC(CC(=O)O)C1. The number of carbonyl (C=O) groups excluding carboxylic acids is 1. The summed E-state index contributed by atoms with van der Waals surface area (Å²) in [7, 11) is 0. The van der Waals surface area contributed by atoms with Crippen molar-refractivity contribution < 1.29 is 19.1 Å². The zero-order valence-electron chi connectivity index (χ0n) is 11.4. The van der Waals surface area contributed by atoms with Gasteiger partial charge in [0.15, 0.2) is 0 Å². The third kappa shape index (κ3) is 3.35. The van der Waals surface area contributed by atoms with Crippen molar-refractivity contribution in [3.63, 3.8) is 0 Å². The lowest BCUT2D eigenvalue weighted by Crippen LogP contribution is -2.40. The Kier molecular flexibility index (Phi) is 4.37. The van der Waals surface area contributed by atoms with E-state index in [9.17, 15) is 14.0 Å². The first kappa shape index (κ1) is 14.5. The highest BCUT2D eigenvalue weighted by atomic mass is 19.1. The van der Waals surface area contributed by atoms with Crippen molar-refractivity contribution >= 4 is 11.9 Å². The van der Waals surface area contributed by atoms with Gasteiger partial charge in [-0.3, -0.25) is 9.59 Å². The van der Waals surface area contributed by atoms with Crippen LogP contribution in [0.25, 0.3) is 0 Å². The Balaban J connectivity index is 2.12.